The van der Waals surface area contributed by atoms with Gasteiger partial charge in [0.1, 0.15) is 11.5 Å². The average Bonchev–Trinajstić information content (AvgIpc) is 3.21. The fourth-order valence-electron chi connectivity index (χ4n) is 3.28. The van der Waals surface area contributed by atoms with Crippen LogP contribution in [0.2, 0.25) is 0 Å². The maximum atomic E-state index is 12.7. The number of piperidine rings is 1. The third-order valence-corrected chi connectivity index (χ3v) is 4.52. The summed E-state index contributed by atoms with van der Waals surface area (Å²) < 4.78 is 9.19. The molecule has 1 aliphatic heterocycles. The number of aryl methyl sites for hydroxylation is 1. The summed E-state index contributed by atoms with van der Waals surface area (Å²) in [6, 6.07) is 3.79. The van der Waals surface area contributed by atoms with Gasteiger partial charge in [0.2, 0.25) is 0 Å². The summed E-state index contributed by atoms with van der Waals surface area (Å²) in [5.41, 5.74) is 0.744. The summed E-state index contributed by atoms with van der Waals surface area (Å²) >= 11 is 0. The summed E-state index contributed by atoms with van der Waals surface area (Å²) in [6.45, 7) is 3.02. The van der Waals surface area contributed by atoms with Crippen LogP contribution in [0.15, 0.2) is 30.7 Å². The molecule has 0 bridgehead atoms. The Hall–Kier alpha value is -2.08. The van der Waals surface area contributed by atoms with Crippen molar-refractivity contribution in [2.75, 3.05) is 26.8 Å². The molecule has 0 N–H and O–H groups in total. The summed E-state index contributed by atoms with van der Waals surface area (Å²) in [5.74, 6) is 1.46. The minimum Gasteiger partial charge on any atom is -0.383 e. The van der Waals surface area contributed by atoms with Gasteiger partial charge in [0.25, 0.3) is 5.91 Å². The Balaban J connectivity index is 1.72. The molecule has 1 aliphatic rings. The number of methoxy groups -OCH3 is 1. The minimum absolute atomic E-state index is 0.109. The Morgan fingerprint density at radius 3 is 3.04 bits per heavy atom. The molecular formula is C17H24N4O2. The van der Waals surface area contributed by atoms with Gasteiger partial charge >= 0.3 is 0 Å². The van der Waals surface area contributed by atoms with Gasteiger partial charge in [-0.25, -0.2) is 4.98 Å². The predicted molar refractivity (Wildman–Crippen MR) is 87.4 cm³/mol. The molecule has 0 spiro atoms. The number of hydrogen-bond donors (Lipinski definition) is 0. The van der Waals surface area contributed by atoms with E-state index in [9.17, 15) is 4.79 Å². The molecule has 6 heteroatoms. The number of nitrogens with zero attached hydrogens (tertiary/aromatic N) is 4. The highest BCUT2D eigenvalue weighted by Crippen LogP contribution is 2.26. The Bertz CT molecular complexity index is 661. The van der Waals surface area contributed by atoms with Crippen molar-refractivity contribution in [2.24, 2.45) is 7.05 Å². The maximum Gasteiger partial charge on any atom is 0.270 e. The molecule has 3 heterocycles. The molecule has 2 aromatic rings. The minimum atomic E-state index is 0.109. The first kappa shape index (κ1) is 15.8. The van der Waals surface area contributed by atoms with E-state index >= 15 is 0 Å². The number of hydrogen-bond acceptors (Lipinski definition) is 3. The van der Waals surface area contributed by atoms with E-state index in [0.29, 0.717) is 12.5 Å². The topological polar surface area (TPSA) is 52.3 Å². The van der Waals surface area contributed by atoms with E-state index in [2.05, 4.69) is 9.55 Å². The summed E-state index contributed by atoms with van der Waals surface area (Å²) in [5, 5.41) is 0. The Kier molecular flexibility index (Phi) is 4.81. The van der Waals surface area contributed by atoms with Crippen LogP contribution in [-0.2, 0) is 18.3 Å². The fraction of sp³-hybridized carbons (Fsp3) is 0.529. The molecular weight excluding hydrogens is 292 g/mol. The summed E-state index contributed by atoms with van der Waals surface area (Å²) in [6.07, 6.45) is 7.82. The lowest BCUT2D eigenvalue weighted by molar-refractivity contribution is 0.0693. The zero-order valence-corrected chi connectivity index (χ0v) is 13.8. The van der Waals surface area contributed by atoms with E-state index < -0.39 is 0 Å². The molecule has 0 radical (unpaired) electrons. The second kappa shape index (κ2) is 7.00. The van der Waals surface area contributed by atoms with Crippen molar-refractivity contribution in [1.29, 1.82) is 0 Å². The normalized spacial score (nSPS) is 18.3. The third-order valence-electron chi connectivity index (χ3n) is 4.52. The predicted octanol–water partition coefficient (Wildman–Crippen LogP) is 1.89. The second-order valence-electron chi connectivity index (χ2n) is 6.07. The molecule has 1 fully saturated rings. The molecule has 1 saturated heterocycles. The highest BCUT2D eigenvalue weighted by Gasteiger charge is 2.28. The second-order valence-corrected chi connectivity index (χ2v) is 6.07. The number of ether oxygens (including phenoxy) is 1. The molecule has 0 aliphatic carbocycles. The van der Waals surface area contributed by atoms with Crippen LogP contribution < -0.4 is 0 Å². The van der Waals surface area contributed by atoms with Gasteiger partial charge in [-0.2, -0.15) is 0 Å². The highest BCUT2D eigenvalue weighted by molar-refractivity contribution is 5.92. The molecule has 3 rings (SSSR count). The largest absolute Gasteiger partial charge is 0.383 e. The van der Waals surface area contributed by atoms with Gasteiger partial charge in [0.15, 0.2) is 0 Å². The quantitative estimate of drug-likeness (QED) is 0.846. The number of aromatic nitrogens is 3. The smallest absolute Gasteiger partial charge is 0.270 e. The van der Waals surface area contributed by atoms with Crippen molar-refractivity contribution in [3.05, 3.63) is 42.2 Å². The first-order chi connectivity index (χ1) is 11.2. The SMILES string of the molecule is COCCn1ccnc1[C@@H]1CCCN(C(=O)c2cccn2C)C1. The zero-order chi connectivity index (χ0) is 16.2. The molecule has 1 amide bonds. The van der Waals surface area contributed by atoms with Gasteiger partial charge in [-0.15, -0.1) is 0 Å². The van der Waals surface area contributed by atoms with Crippen LogP contribution in [0.5, 0.6) is 0 Å². The number of likely N-dealkylation sites (tertiary alicyclic amines) is 1. The monoisotopic (exact) mass is 316 g/mol. The summed E-state index contributed by atoms with van der Waals surface area (Å²) in [7, 11) is 3.61. The number of rotatable bonds is 5. The van der Waals surface area contributed by atoms with E-state index in [-0.39, 0.29) is 5.91 Å². The van der Waals surface area contributed by atoms with E-state index in [1.165, 1.54) is 0 Å². The Morgan fingerprint density at radius 2 is 2.30 bits per heavy atom. The van der Waals surface area contributed by atoms with Gasteiger partial charge in [-0.3, -0.25) is 4.79 Å². The van der Waals surface area contributed by atoms with Crippen molar-refractivity contribution >= 4 is 5.91 Å². The van der Waals surface area contributed by atoms with Gasteiger partial charge in [0, 0.05) is 58.3 Å². The van der Waals surface area contributed by atoms with E-state index in [1.54, 1.807) is 7.11 Å². The highest BCUT2D eigenvalue weighted by atomic mass is 16.5. The van der Waals surface area contributed by atoms with E-state index in [1.807, 2.05) is 47.2 Å². The van der Waals surface area contributed by atoms with E-state index in [0.717, 1.165) is 44.0 Å². The number of imidazole rings is 1. The van der Waals surface area contributed by atoms with Crippen molar-refractivity contribution < 1.29 is 9.53 Å². The van der Waals surface area contributed by atoms with Gasteiger partial charge in [-0.05, 0) is 25.0 Å². The van der Waals surface area contributed by atoms with Crippen LogP contribution in [0.4, 0.5) is 0 Å². The molecule has 6 nitrogen and oxygen atoms in total. The lowest BCUT2D eigenvalue weighted by Gasteiger charge is -2.32. The van der Waals surface area contributed by atoms with Gasteiger partial charge in [-0.1, -0.05) is 0 Å². The lowest BCUT2D eigenvalue weighted by atomic mass is 9.97. The van der Waals surface area contributed by atoms with Crippen LogP contribution in [0, 0.1) is 0 Å². The van der Waals surface area contributed by atoms with Crippen molar-refractivity contribution in [3.8, 4) is 0 Å². The van der Waals surface area contributed by atoms with Gasteiger partial charge < -0.3 is 18.8 Å². The molecule has 0 unspecified atom stereocenters. The molecule has 124 valence electrons. The fourth-order valence-corrected chi connectivity index (χ4v) is 3.28. The number of amides is 1. The third kappa shape index (κ3) is 3.32. The van der Waals surface area contributed by atoms with Crippen LogP contribution in [0.1, 0.15) is 35.1 Å². The van der Waals surface area contributed by atoms with Crippen LogP contribution in [0.25, 0.3) is 0 Å². The first-order valence-electron chi connectivity index (χ1n) is 8.11. The van der Waals surface area contributed by atoms with Crippen molar-refractivity contribution in [2.45, 2.75) is 25.3 Å². The van der Waals surface area contributed by atoms with E-state index in [4.69, 9.17) is 4.74 Å². The maximum absolute atomic E-state index is 12.7. The van der Waals surface area contributed by atoms with Gasteiger partial charge in [0.05, 0.1) is 6.61 Å². The van der Waals surface area contributed by atoms with Crippen molar-refractivity contribution in [1.82, 2.24) is 19.0 Å². The standard InChI is InChI=1S/C17H24N4O2/c1-19-8-4-6-15(19)17(22)21-9-3-5-14(13-21)16-18-7-10-20(16)11-12-23-2/h4,6-8,10,14H,3,5,9,11-13H2,1-2H3/t14-/m1/s1. The number of carbonyl (C=O) groups is 1. The van der Waals surface area contributed by atoms with Crippen LogP contribution in [-0.4, -0.2) is 51.7 Å². The molecule has 23 heavy (non-hydrogen) atoms. The Morgan fingerprint density at radius 1 is 1.43 bits per heavy atom. The van der Waals surface area contributed by atoms with Crippen molar-refractivity contribution in [3.63, 3.8) is 0 Å². The molecule has 0 aromatic carbocycles. The van der Waals surface area contributed by atoms with Crippen LogP contribution in [0.3, 0.4) is 0 Å². The Labute approximate surface area is 136 Å². The number of carbonyl (C=O) groups excluding carboxylic acids is 1. The molecule has 1 atom stereocenters. The molecule has 2 aromatic heterocycles. The first-order valence-corrected chi connectivity index (χ1v) is 8.11. The summed E-state index contributed by atoms with van der Waals surface area (Å²) in [4.78, 5) is 19.2. The molecule has 0 saturated carbocycles. The average molecular weight is 316 g/mol. The zero-order valence-electron chi connectivity index (χ0n) is 13.8. The lowest BCUT2D eigenvalue weighted by Crippen LogP contribution is -2.40. The van der Waals surface area contributed by atoms with Crippen LogP contribution >= 0.6 is 0 Å².